The molecule has 0 aromatic heterocycles. The Morgan fingerprint density at radius 3 is 2.43 bits per heavy atom. The van der Waals surface area contributed by atoms with Crippen LogP contribution in [0.2, 0.25) is 0 Å². The molecule has 0 saturated heterocycles. The zero-order valence-corrected chi connectivity index (χ0v) is 8.47. The highest BCUT2D eigenvalue weighted by Crippen LogP contribution is 2.26. The molecule has 0 aliphatic carbocycles. The third-order valence-electron chi connectivity index (χ3n) is 2.17. The molecule has 0 saturated carbocycles. The highest BCUT2D eigenvalue weighted by molar-refractivity contribution is 5.66. The van der Waals surface area contributed by atoms with Crippen molar-refractivity contribution < 1.29 is 14.3 Å². The van der Waals surface area contributed by atoms with Gasteiger partial charge in [-0.25, -0.2) is 4.39 Å². The molecule has 0 bridgehead atoms. The van der Waals surface area contributed by atoms with Gasteiger partial charge >= 0.3 is 0 Å². The lowest BCUT2D eigenvalue weighted by molar-refractivity contribution is -0.123. The molecule has 1 atom stereocenters. The number of hydrogen-bond acceptors (Lipinski definition) is 2. The maximum atomic E-state index is 13.5. The van der Waals surface area contributed by atoms with Crippen molar-refractivity contribution in [2.45, 2.75) is 26.4 Å². The topological polar surface area (TPSA) is 37.3 Å². The minimum Gasteiger partial charge on any atom is -0.378 e. The van der Waals surface area contributed by atoms with Gasteiger partial charge in [-0.15, -0.1) is 0 Å². The van der Waals surface area contributed by atoms with E-state index in [4.69, 9.17) is 0 Å². The lowest BCUT2D eigenvalue weighted by atomic mass is 9.91. The number of aryl methyl sites for hydroxylation is 2. The Morgan fingerprint density at radius 2 is 2.00 bits per heavy atom. The van der Waals surface area contributed by atoms with Gasteiger partial charge in [-0.1, -0.05) is 6.07 Å². The molecule has 0 aliphatic heterocycles. The first-order valence-corrected chi connectivity index (χ1v) is 4.34. The first-order chi connectivity index (χ1) is 6.38. The second-order valence-corrected chi connectivity index (χ2v) is 3.70. The van der Waals surface area contributed by atoms with Crippen molar-refractivity contribution >= 4 is 6.29 Å². The minimum atomic E-state index is -1.75. The van der Waals surface area contributed by atoms with E-state index in [2.05, 4.69) is 0 Å². The second kappa shape index (κ2) is 3.50. The van der Waals surface area contributed by atoms with E-state index in [0.29, 0.717) is 11.8 Å². The number of aldehydes is 1. The number of aliphatic hydroxyl groups is 1. The van der Waals surface area contributed by atoms with Crippen LogP contribution in [0.4, 0.5) is 4.39 Å². The van der Waals surface area contributed by atoms with Crippen LogP contribution in [0.1, 0.15) is 23.6 Å². The van der Waals surface area contributed by atoms with Gasteiger partial charge in [0.05, 0.1) is 0 Å². The summed E-state index contributed by atoms with van der Waals surface area (Å²) in [6.07, 6.45) is 0.341. The van der Waals surface area contributed by atoms with Crippen LogP contribution in [-0.2, 0) is 10.4 Å². The van der Waals surface area contributed by atoms with Crippen LogP contribution in [0.15, 0.2) is 12.1 Å². The third kappa shape index (κ3) is 1.82. The summed E-state index contributed by atoms with van der Waals surface area (Å²) in [4.78, 5) is 10.6. The monoisotopic (exact) mass is 196 g/mol. The smallest absolute Gasteiger partial charge is 0.155 e. The molecule has 1 N–H and O–H groups in total. The number of hydrogen-bond donors (Lipinski definition) is 1. The summed E-state index contributed by atoms with van der Waals surface area (Å²) in [7, 11) is 0. The maximum absolute atomic E-state index is 13.5. The van der Waals surface area contributed by atoms with Crippen LogP contribution in [-0.4, -0.2) is 11.4 Å². The maximum Gasteiger partial charge on any atom is 0.155 e. The van der Waals surface area contributed by atoms with Gasteiger partial charge in [0, 0.05) is 5.56 Å². The molecular formula is C11H13FO2. The largest absolute Gasteiger partial charge is 0.378 e. The van der Waals surface area contributed by atoms with Gasteiger partial charge in [-0.2, -0.15) is 0 Å². The number of benzene rings is 1. The fourth-order valence-electron chi connectivity index (χ4n) is 1.62. The summed E-state index contributed by atoms with van der Waals surface area (Å²) in [6, 6.07) is 3.04. The predicted octanol–water partition coefficient (Wildman–Crippen LogP) is 1.85. The molecule has 0 fully saturated rings. The van der Waals surface area contributed by atoms with Crippen molar-refractivity contribution in [1.29, 1.82) is 0 Å². The van der Waals surface area contributed by atoms with Crippen LogP contribution in [0, 0.1) is 19.7 Å². The Morgan fingerprint density at radius 1 is 1.43 bits per heavy atom. The molecule has 1 aromatic carbocycles. The molecule has 0 heterocycles. The number of carbonyl (C=O) groups excluding carboxylic acids is 1. The summed E-state index contributed by atoms with van der Waals surface area (Å²) in [5.41, 5.74) is -0.342. The molecule has 76 valence electrons. The van der Waals surface area contributed by atoms with Gasteiger partial charge in [-0.05, 0) is 38.0 Å². The van der Waals surface area contributed by atoms with E-state index in [0.717, 1.165) is 5.56 Å². The Hall–Kier alpha value is -1.22. The molecule has 1 unspecified atom stereocenters. The quantitative estimate of drug-likeness (QED) is 0.733. The van der Waals surface area contributed by atoms with Crippen LogP contribution < -0.4 is 0 Å². The van der Waals surface area contributed by atoms with Gasteiger partial charge < -0.3 is 5.11 Å². The first kappa shape index (κ1) is 10.9. The van der Waals surface area contributed by atoms with Crippen molar-refractivity contribution in [1.82, 2.24) is 0 Å². The van der Waals surface area contributed by atoms with Crippen molar-refractivity contribution in [3.05, 3.63) is 34.6 Å². The van der Waals surface area contributed by atoms with E-state index in [-0.39, 0.29) is 5.56 Å². The summed E-state index contributed by atoms with van der Waals surface area (Å²) < 4.78 is 13.5. The van der Waals surface area contributed by atoms with Gasteiger partial charge in [0.2, 0.25) is 0 Å². The standard InChI is InChI=1S/C11H13FO2/c1-7-4-8(2)10(9(12)5-7)11(3,14)6-13/h4-6,14H,1-3H3. The van der Waals surface area contributed by atoms with Crippen LogP contribution in [0.3, 0.4) is 0 Å². The van der Waals surface area contributed by atoms with E-state index in [9.17, 15) is 14.3 Å². The van der Waals surface area contributed by atoms with Crippen molar-refractivity contribution in [3.63, 3.8) is 0 Å². The van der Waals surface area contributed by atoms with E-state index >= 15 is 0 Å². The summed E-state index contributed by atoms with van der Waals surface area (Å²) in [6.45, 7) is 4.71. The summed E-state index contributed by atoms with van der Waals surface area (Å²) in [5, 5.41) is 9.64. The lowest BCUT2D eigenvalue weighted by Gasteiger charge is -2.19. The van der Waals surface area contributed by atoms with Crippen molar-refractivity contribution in [2.75, 3.05) is 0 Å². The molecule has 1 rings (SSSR count). The predicted molar refractivity (Wildman–Crippen MR) is 51.5 cm³/mol. The van der Waals surface area contributed by atoms with Crippen molar-refractivity contribution in [2.24, 2.45) is 0 Å². The molecule has 0 spiro atoms. The molecule has 3 heteroatoms. The second-order valence-electron chi connectivity index (χ2n) is 3.70. The Kier molecular flexibility index (Phi) is 2.71. The SMILES string of the molecule is Cc1cc(C)c(C(C)(O)C=O)c(F)c1. The third-order valence-corrected chi connectivity index (χ3v) is 2.17. The Labute approximate surface area is 82.4 Å². The molecule has 0 aliphatic rings. The van der Waals surface area contributed by atoms with E-state index in [1.165, 1.54) is 13.0 Å². The number of halogens is 1. The Bertz CT molecular complexity index is 347. The average Bonchev–Trinajstić information content (AvgIpc) is 2.01. The highest BCUT2D eigenvalue weighted by atomic mass is 19.1. The van der Waals surface area contributed by atoms with Gasteiger partial charge in [-0.3, -0.25) is 4.79 Å². The molecule has 2 nitrogen and oxygen atoms in total. The van der Waals surface area contributed by atoms with Crippen LogP contribution >= 0.6 is 0 Å². The van der Waals surface area contributed by atoms with Crippen molar-refractivity contribution in [3.8, 4) is 0 Å². The lowest BCUT2D eigenvalue weighted by Crippen LogP contribution is -2.25. The van der Waals surface area contributed by atoms with E-state index in [1.807, 2.05) is 0 Å². The van der Waals surface area contributed by atoms with E-state index in [1.54, 1.807) is 19.9 Å². The van der Waals surface area contributed by atoms with Gasteiger partial charge in [0.1, 0.15) is 11.4 Å². The zero-order chi connectivity index (χ0) is 10.9. The molecule has 0 amide bonds. The van der Waals surface area contributed by atoms with Gasteiger partial charge in [0.15, 0.2) is 6.29 Å². The van der Waals surface area contributed by atoms with Crippen LogP contribution in [0.5, 0.6) is 0 Å². The highest BCUT2D eigenvalue weighted by Gasteiger charge is 2.27. The average molecular weight is 196 g/mol. The fourth-order valence-corrected chi connectivity index (χ4v) is 1.62. The zero-order valence-electron chi connectivity index (χ0n) is 8.47. The molecule has 1 aromatic rings. The first-order valence-electron chi connectivity index (χ1n) is 4.34. The minimum absolute atomic E-state index is 0.0538. The summed E-state index contributed by atoms with van der Waals surface area (Å²) >= 11 is 0. The molecule has 14 heavy (non-hydrogen) atoms. The number of carbonyl (C=O) groups is 1. The summed E-state index contributed by atoms with van der Waals surface area (Å²) in [5.74, 6) is -0.542. The Balaban J connectivity index is 3.42. The fraction of sp³-hybridized carbons (Fsp3) is 0.364. The van der Waals surface area contributed by atoms with Crippen LogP contribution in [0.25, 0.3) is 0 Å². The molecule has 0 radical (unpaired) electrons. The normalized spacial score (nSPS) is 14.9. The van der Waals surface area contributed by atoms with Gasteiger partial charge in [0.25, 0.3) is 0 Å². The molecular weight excluding hydrogens is 183 g/mol. The number of rotatable bonds is 2. The van der Waals surface area contributed by atoms with E-state index < -0.39 is 11.4 Å².